The van der Waals surface area contributed by atoms with Gasteiger partial charge in [0.2, 0.25) is 5.91 Å². The standard InChI is InChI=1S/C19H18ClF3N2O4/c20-14-3-4-16(29-11-19(21,22)23)15(8-14)24-17(26)12-2-1-6-25(9-12)18(27)13-5-7-28-10-13/h3-5,7-8,10,12H,1-2,6,9,11H2,(H,24,26). The van der Waals surface area contributed by atoms with Gasteiger partial charge < -0.3 is 19.4 Å². The number of halogens is 4. The Kier molecular flexibility index (Phi) is 6.36. The number of carbonyl (C=O) groups excluding carboxylic acids is 2. The van der Waals surface area contributed by atoms with E-state index < -0.39 is 24.6 Å². The largest absolute Gasteiger partial charge is 0.482 e. The lowest BCUT2D eigenvalue weighted by atomic mass is 9.96. The monoisotopic (exact) mass is 430 g/mol. The zero-order chi connectivity index (χ0) is 21.0. The van der Waals surface area contributed by atoms with Gasteiger partial charge in [0.25, 0.3) is 5.91 Å². The van der Waals surface area contributed by atoms with Crippen LogP contribution < -0.4 is 10.1 Å². The Balaban J connectivity index is 1.68. The molecule has 2 heterocycles. The molecule has 1 fully saturated rings. The number of hydrogen-bond donors (Lipinski definition) is 1. The van der Waals surface area contributed by atoms with Gasteiger partial charge in [0.05, 0.1) is 23.4 Å². The molecule has 2 aromatic rings. The number of nitrogens with zero attached hydrogens (tertiary/aromatic N) is 1. The quantitative estimate of drug-likeness (QED) is 0.764. The number of amides is 2. The first-order chi connectivity index (χ1) is 13.7. The Bertz CT molecular complexity index is 871. The van der Waals surface area contributed by atoms with Crippen molar-refractivity contribution in [3.05, 3.63) is 47.4 Å². The van der Waals surface area contributed by atoms with Crippen LogP contribution in [0.2, 0.25) is 5.02 Å². The van der Waals surface area contributed by atoms with E-state index in [2.05, 4.69) is 5.32 Å². The van der Waals surface area contributed by atoms with Crippen LogP contribution >= 0.6 is 11.6 Å². The van der Waals surface area contributed by atoms with Crippen molar-refractivity contribution in [2.24, 2.45) is 5.92 Å². The lowest BCUT2D eigenvalue weighted by molar-refractivity contribution is -0.153. The number of anilines is 1. The van der Waals surface area contributed by atoms with Gasteiger partial charge >= 0.3 is 6.18 Å². The maximum absolute atomic E-state index is 12.7. The van der Waals surface area contributed by atoms with Gasteiger partial charge in [-0.15, -0.1) is 0 Å². The molecule has 1 unspecified atom stereocenters. The molecule has 1 N–H and O–H groups in total. The Morgan fingerprint density at radius 3 is 2.79 bits per heavy atom. The van der Waals surface area contributed by atoms with Gasteiger partial charge in [-0.05, 0) is 37.1 Å². The summed E-state index contributed by atoms with van der Waals surface area (Å²) >= 11 is 5.91. The smallest absolute Gasteiger partial charge is 0.422 e. The highest BCUT2D eigenvalue weighted by Crippen LogP contribution is 2.31. The van der Waals surface area contributed by atoms with Crippen molar-refractivity contribution in [2.45, 2.75) is 19.0 Å². The van der Waals surface area contributed by atoms with Crippen LogP contribution in [-0.2, 0) is 4.79 Å². The maximum atomic E-state index is 12.7. The van der Waals surface area contributed by atoms with Crippen LogP contribution in [0, 0.1) is 5.92 Å². The van der Waals surface area contributed by atoms with Crippen LogP contribution in [-0.4, -0.2) is 42.6 Å². The van der Waals surface area contributed by atoms with Crippen molar-refractivity contribution < 1.29 is 31.9 Å². The van der Waals surface area contributed by atoms with E-state index in [0.29, 0.717) is 24.9 Å². The molecule has 0 aliphatic carbocycles. The fourth-order valence-electron chi connectivity index (χ4n) is 3.06. The number of hydrogen-bond acceptors (Lipinski definition) is 4. The van der Waals surface area contributed by atoms with E-state index in [0.717, 1.165) is 0 Å². The minimum atomic E-state index is -4.52. The summed E-state index contributed by atoms with van der Waals surface area (Å²) in [7, 11) is 0. The molecule has 3 rings (SSSR count). The van der Waals surface area contributed by atoms with E-state index >= 15 is 0 Å². The van der Waals surface area contributed by atoms with E-state index in [-0.39, 0.29) is 28.9 Å². The summed E-state index contributed by atoms with van der Waals surface area (Å²) in [6, 6.07) is 5.50. The summed E-state index contributed by atoms with van der Waals surface area (Å²) in [4.78, 5) is 26.7. The summed E-state index contributed by atoms with van der Waals surface area (Å²) < 4.78 is 47.1. The fourth-order valence-corrected chi connectivity index (χ4v) is 3.24. The van der Waals surface area contributed by atoms with Gasteiger partial charge in [-0.1, -0.05) is 11.6 Å². The highest BCUT2D eigenvalue weighted by atomic mass is 35.5. The number of carbonyl (C=O) groups is 2. The lowest BCUT2D eigenvalue weighted by Crippen LogP contribution is -2.43. The Morgan fingerprint density at radius 1 is 1.31 bits per heavy atom. The SMILES string of the molecule is O=C(Nc1cc(Cl)ccc1OCC(F)(F)F)C1CCCN(C(=O)c2ccoc2)C1. The lowest BCUT2D eigenvalue weighted by Gasteiger charge is -2.32. The van der Waals surface area contributed by atoms with Crippen LogP contribution in [0.25, 0.3) is 0 Å². The van der Waals surface area contributed by atoms with Crippen LogP contribution in [0.3, 0.4) is 0 Å². The van der Waals surface area contributed by atoms with E-state index in [1.54, 1.807) is 11.0 Å². The summed E-state index contributed by atoms with van der Waals surface area (Å²) in [5.74, 6) is -1.32. The number of ether oxygens (including phenoxy) is 1. The molecule has 0 radical (unpaired) electrons. The molecule has 156 valence electrons. The first kappa shape index (κ1) is 21.0. The normalized spacial score (nSPS) is 17.1. The van der Waals surface area contributed by atoms with Crippen molar-refractivity contribution in [1.82, 2.24) is 4.90 Å². The summed E-state index contributed by atoms with van der Waals surface area (Å²) in [6.07, 6.45) is -0.627. The van der Waals surface area contributed by atoms with Crippen molar-refractivity contribution in [3.63, 3.8) is 0 Å². The second kappa shape index (κ2) is 8.77. The third-order valence-electron chi connectivity index (χ3n) is 4.44. The van der Waals surface area contributed by atoms with E-state index in [9.17, 15) is 22.8 Å². The number of furan rings is 1. The predicted molar refractivity (Wildman–Crippen MR) is 99.0 cm³/mol. The van der Waals surface area contributed by atoms with Gasteiger partial charge in [0.1, 0.15) is 12.0 Å². The first-order valence-corrected chi connectivity index (χ1v) is 9.22. The Labute approximate surface area is 169 Å². The number of likely N-dealkylation sites (tertiary alicyclic amines) is 1. The molecule has 1 aliphatic heterocycles. The summed E-state index contributed by atoms with van der Waals surface area (Å²) in [5, 5.41) is 2.82. The van der Waals surface area contributed by atoms with Gasteiger partial charge in [-0.25, -0.2) is 0 Å². The molecule has 10 heteroatoms. The predicted octanol–water partition coefficient (Wildman–Crippen LogP) is 4.37. The molecule has 1 atom stereocenters. The fraction of sp³-hybridized carbons (Fsp3) is 0.368. The molecular formula is C19H18ClF3N2O4. The highest BCUT2D eigenvalue weighted by molar-refractivity contribution is 6.31. The topological polar surface area (TPSA) is 71.8 Å². The van der Waals surface area contributed by atoms with Crippen LogP contribution in [0.1, 0.15) is 23.2 Å². The minimum absolute atomic E-state index is 0.0463. The van der Waals surface area contributed by atoms with Crippen molar-refractivity contribution in [2.75, 3.05) is 25.0 Å². The van der Waals surface area contributed by atoms with Crippen LogP contribution in [0.15, 0.2) is 41.2 Å². The van der Waals surface area contributed by atoms with E-state index in [1.165, 1.54) is 30.7 Å². The second-order valence-corrected chi connectivity index (χ2v) is 7.07. The maximum Gasteiger partial charge on any atom is 0.422 e. The molecule has 1 saturated heterocycles. The van der Waals surface area contributed by atoms with Crippen molar-refractivity contribution in [1.29, 1.82) is 0 Å². The number of alkyl halides is 3. The average Bonchev–Trinajstić information content (AvgIpc) is 3.21. The van der Waals surface area contributed by atoms with Gasteiger partial charge in [0, 0.05) is 18.1 Å². The van der Waals surface area contributed by atoms with Gasteiger partial charge in [-0.3, -0.25) is 9.59 Å². The molecule has 29 heavy (non-hydrogen) atoms. The summed E-state index contributed by atoms with van der Waals surface area (Å²) in [6.45, 7) is -0.798. The molecule has 6 nitrogen and oxygen atoms in total. The molecule has 1 aromatic carbocycles. The number of piperidine rings is 1. The molecule has 0 bridgehead atoms. The van der Waals surface area contributed by atoms with Crippen LogP contribution in [0.5, 0.6) is 5.75 Å². The second-order valence-electron chi connectivity index (χ2n) is 6.64. The van der Waals surface area contributed by atoms with E-state index in [1.807, 2.05) is 0 Å². The molecule has 0 spiro atoms. The van der Waals surface area contributed by atoms with E-state index in [4.69, 9.17) is 20.8 Å². The molecule has 0 saturated carbocycles. The minimum Gasteiger partial charge on any atom is -0.482 e. The third-order valence-corrected chi connectivity index (χ3v) is 4.67. The molecular weight excluding hydrogens is 413 g/mol. The first-order valence-electron chi connectivity index (χ1n) is 8.84. The molecule has 1 aromatic heterocycles. The molecule has 2 amide bonds. The Morgan fingerprint density at radius 2 is 2.10 bits per heavy atom. The van der Waals surface area contributed by atoms with Gasteiger partial charge in [-0.2, -0.15) is 13.2 Å². The third kappa shape index (κ3) is 5.66. The number of rotatable bonds is 5. The highest BCUT2D eigenvalue weighted by Gasteiger charge is 2.31. The Hall–Kier alpha value is -2.68. The van der Waals surface area contributed by atoms with Crippen LogP contribution in [0.4, 0.5) is 18.9 Å². The molecule has 1 aliphatic rings. The zero-order valence-corrected chi connectivity index (χ0v) is 15.9. The zero-order valence-electron chi connectivity index (χ0n) is 15.2. The summed E-state index contributed by atoms with van der Waals surface area (Å²) in [5.41, 5.74) is 0.439. The average molecular weight is 431 g/mol. The van der Waals surface area contributed by atoms with Crippen molar-refractivity contribution in [3.8, 4) is 5.75 Å². The number of benzene rings is 1. The number of nitrogens with one attached hydrogen (secondary N) is 1. The van der Waals surface area contributed by atoms with Crippen molar-refractivity contribution >= 4 is 29.1 Å². The van der Waals surface area contributed by atoms with Gasteiger partial charge in [0.15, 0.2) is 6.61 Å².